The number of carbonyl (C=O) groups excluding carboxylic acids is 1. The summed E-state index contributed by atoms with van der Waals surface area (Å²) in [7, 11) is 0. The Morgan fingerprint density at radius 2 is 1.84 bits per heavy atom. The lowest BCUT2D eigenvalue weighted by Crippen LogP contribution is -2.48. The molecule has 1 aliphatic rings. The molecule has 0 aliphatic carbocycles. The van der Waals surface area contributed by atoms with Gasteiger partial charge in [-0.1, -0.05) is 32.9 Å². The van der Waals surface area contributed by atoms with Gasteiger partial charge in [-0.15, -0.1) is 0 Å². The lowest BCUT2D eigenvalue weighted by atomic mass is 9.94. The number of anilines is 1. The van der Waals surface area contributed by atoms with Crippen molar-refractivity contribution in [1.82, 2.24) is 14.9 Å². The minimum atomic E-state index is -0.331. The van der Waals surface area contributed by atoms with Crippen LogP contribution in [0.3, 0.4) is 0 Å². The van der Waals surface area contributed by atoms with E-state index < -0.39 is 0 Å². The van der Waals surface area contributed by atoms with Crippen molar-refractivity contribution in [2.75, 3.05) is 18.0 Å². The van der Waals surface area contributed by atoms with Gasteiger partial charge in [0.25, 0.3) is 0 Å². The Bertz CT molecular complexity index is 749. The summed E-state index contributed by atoms with van der Waals surface area (Å²) in [5, 5.41) is 3.20. The Labute approximate surface area is 150 Å². The molecule has 0 spiro atoms. The van der Waals surface area contributed by atoms with Gasteiger partial charge in [0.15, 0.2) is 0 Å². The predicted molar refractivity (Wildman–Crippen MR) is 103 cm³/mol. The van der Waals surface area contributed by atoms with Crippen molar-refractivity contribution in [1.29, 1.82) is 0 Å². The first kappa shape index (κ1) is 17.8. The normalized spacial score (nSPS) is 16.6. The number of imidazole rings is 1. The van der Waals surface area contributed by atoms with Crippen LogP contribution in [0.5, 0.6) is 0 Å². The molecule has 1 aliphatic heterocycles. The van der Waals surface area contributed by atoms with Crippen LogP contribution in [-0.2, 0) is 4.79 Å². The van der Waals surface area contributed by atoms with E-state index >= 15 is 0 Å². The average molecular weight is 342 g/mol. The van der Waals surface area contributed by atoms with E-state index in [1.54, 1.807) is 0 Å². The average Bonchev–Trinajstić information content (AvgIpc) is 2.94. The summed E-state index contributed by atoms with van der Waals surface area (Å²) in [6, 6.07) is 8.95. The number of piperidine rings is 1. The molecule has 1 saturated heterocycles. The van der Waals surface area contributed by atoms with Crippen LogP contribution in [0.15, 0.2) is 24.3 Å². The van der Waals surface area contributed by atoms with Crippen LogP contribution in [0, 0.1) is 5.41 Å². The fourth-order valence-electron chi connectivity index (χ4n) is 3.39. The molecule has 5 nitrogen and oxygen atoms in total. The highest BCUT2D eigenvalue weighted by atomic mass is 16.2. The molecule has 0 atom stereocenters. The number of hydrogen-bond acceptors (Lipinski definition) is 3. The molecular weight excluding hydrogens is 312 g/mol. The third-order valence-corrected chi connectivity index (χ3v) is 4.89. The number of nitrogens with one attached hydrogen (secondary N) is 1. The van der Waals surface area contributed by atoms with Crippen molar-refractivity contribution < 1.29 is 4.79 Å². The Hall–Kier alpha value is -2.04. The second-order valence-electron chi connectivity index (χ2n) is 8.35. The molecule has 0 saturated carbocycles. The molecule has 1 amide bonds. The van der Waals surface area contributed by atoms with Crippen molar-refractivity contribution in [3.63, 3.8) is 0 Å². The zero-order valence-corrected chi connectivity index (χ0v) is 16.0. The zero-order chi connectivity index (χ0) is 18.2. The number of amides is 1. The zero-order valence-electron chi connectivity index (χ0n) is 16.0. The quantitative estimate of drug-likeness (QED) is 0.924. The van der Waals surface area contributed by atoms with Gasteiger partial charge in [0.05, 0.1) is 11.0 Å². The summed E-state index contributed by atoms with van der Waals surface area (Å²) >= 11 is 0. The summed E-state index contributed by atoms with van der Waals surface area (Å²) in [6.07, 6.45) is 1.92. The summed E-state index contributed by atoms with van der Waals surface area (Å²) in [6.45, 7) is 12.1. The van der Waals surface area contributed by atoms with Gasteiger partial charge in [0, 0.05) is 30.6 Å². The number of nitrogens with zero attached hydrogens (tertiary/aromatic N) is 3. The highest BCUT2D eigenvalue weighted by Gasteiger charge is 2.28. The number of benzene rings is 1. The van der Waals surface area contributed by atoms with Gasteiger partial charge in [0.2, 0.25) is 11.9 Å². The maximum atomic E-state index is 12.2. The molecule has 1 aromatic carbocycles. The Kier molecular flexibility index (Phi) is 4.76. The van der Waals surface area contributed by atoms with E-state index in [-0.39, 0.29) is 17.4 Å². The van der Waals surface area contributed by atoms with Crippen LogP contribution in [0.2, 0.25) is 0 Å². The van der Waals surface area contributed by atoms with Gasteiger partial charge in [-0.3, -0.25) is 4.79 Å². The van der Waals surface area contributed by atoms with Crippen molar-refractivity contribution in [3.05, 3.63) is 24.3 Å². The fourth-order valence-corrected chi connectivity index (χ4v) is 3.39. The highest BCUT2D eigenvalue weighted by Crippen LogP contribution is 2.28. The number of carbonyl (C=O) groups is 1. The molecule has 5 heteroatoms. The fraction of sp³-hybridized carbons (Fsp3) is 0.600. The van der Waals surface area contributed by atoms with E-state index in [2.05, 4.69) is 46.8 Å². The Morgan fingerprint density at radius 1 is 1.20 bits per heavy atom. The maximum absolute atomic E-state index is 12.2. The highest BCUT2D eigenvalue weighted by molar-refractivity contribution is 5.81. The minimum Gasteiger partial charge on any atom is -0.353 e. The smallest absolute Gasteiger partial charge is 0.225 e. The lowest BCUT2D eigenvalue weighted by molar-refractivity contribution is -0.129. The summed E-state index contributed by atoms with van der Waals surface area (Å²) < 4.78 is 2.32. The number of hydrogen-bond donors (Lipinski definition) is 1. The van der Waals surface area contributed by atoms with E-state index in [9.17, 15) is 4.79 Å². The second kappa shape index (κ2) is 6.70. The van der Waals surface area contributed by atoms with Gasteiger partial charge in [-0.25, -0.2) is 4.98 Å². The first-order valence-corrected chi connectivity index (χ1v) is 9.30. The number of aromatic nitrogens is 2. The van der Waals surface area contributed by atoms with E-state index in [4.69, 9.17) is 4.98 Å². The van der Waals surface area contributed by atoms with E-state index in [0.717, 1.165) is 37.4 Å². The Morgan fingerprint density at radius 3 is 2.44 bits per heavy atom. The van der Waals surface area contributed by atoms with Crippen LogP contribution < -0.4 is 10.2 Å². The largest absolute Gasteiger partial charge is 0.353 e. The first-order chi connectivity index (χ1) is 11.8. The molecular formula is C20H30N4O. The van der Waals surface area contributed by atoms with Gasteiger partial charge in [0.1, 0.15) is 0 Å². The minimum absolute atomic E-state index is 0.139. The van der Waals surface area contributed by atoms with Gasteiger partial charge >= 0.3 is 0 Å². The predicted octanol–water partition coefficient (Wildman–Crippen LogP) is 3.75. The van der Waals surface area contributed by atoms with Crippen LogP contribution in [-0.4, -0.2) is 34.6 Å². The topological polar surface area (TPSA) is 50.2 Å². The molecule has 2 heterocycles. The van der Waals surface area contributed by atoms with Crippen molar-refractivity contribution in [2.45, 2.75) is 59.5 Å². The van der Waals surface area contributed by atoms with Crippen molar-refractivity contribution in [3.8, 4) is 0 Å². The molecule has 3 rings (SSSR count). The van der Waals surface area contributed by atoms with Crippen LogP contribution in [0.1, 0.15) is 53.5 Å². The van der Waals surface area contributed by atoms with Crippen molar-refractivity contribution in [2.24, 2.45) is 5.41 Å². The van der Waals surface area contributed by atoms with Crippen LogP contribution in [0.25, 0.3) is 11.0 Å². The number of rotatable bonds is 3. The number of para-hydroxylation sites is 2. The van der Waals surface area contributed by atoms with Gasteiger partial charge < -0.3 is 14.8 Å². The molecule has 136 valence electrons. The molecule has 1 aromatic heterocycles. The third kappa shape index (κ3) is 3.65. The SMILES string of the molecule is CC(C)n1c(N2CCC(NC(=O)C(C)(C)C)CC2)nc2ccccc21. The van der Waals surface area contributed by atoms with Gasteiger partial charge in [-0.05, 0) is 38.8 Å². The van der Waals surface area contributed by atoms with Gasteiger partial charge in [-0.2, -0.15) is 0 Å². The third-order valence-electron chi connectivity index (χ3n) is 4.89. The monoisotopic (exact) mass is 342 g/mol. The van der Waals surface area contributed by atoms with Crippen molar-refractivity contribution >= 4 is 22.9 Å². The molecule has 0 unspecified atom stereocenters. The lowest BCUT2D eigenvalue weighted by Gasteiger charge is -2.35. The molecule has 1 N–H and O–H groups in total. The first-order valence-electron chi connectivity index (χ1n) is 9.30. The summed E-state index contributed by atoms with van der Waals surface area (Å²) in [5.74, 6) is 1.19. The standard InChI is InChI=1S/C20H30N4O/c1-14(2)24-17-9-7-6-8-16(17)22-19(24)23-12-10-15(11-13-23)21-18(25)20(3,4)5/h6-9,14-15H,10-13H2,1-5H3,(H,21,25). The molecule has 2 aromatic rings. The number of fused-ring (bicyclic) bond motifs is 1. The maximum Gasteiger partial charge on any atom is 0.225 e. The van der Waals surface area contributed by atoms with Crippen LogP contribution >= 0.6 is 0 Å². The van der Waals surface area contributed by atoms with E-state index in [1.807, 2.05) is 26.8 Å². The second-order valence-corrected chi connectivity index (χ2v) is 8.35. The van der Waals surface area contributed by atoms with E-state index in [0.29, 0.717) is 6.04 Å². The summed E-state index contributed by atoms with van der Waals surface area (Å²) in [5.41, 5.74) is 1.91. The molecule has 25 heavy (non-hydrogen) atoms. The molecule has 0 radical (unpaired) electrons. The molecule has 0 bridgehead atoms. The Balaban J connectivity index is 1.74. The molecule has 1 fully saturated rings. The summed E-state index contributed by atoms with van der Waals surface area (Å²) in [4.78, 5) is 19.4. The van der Waals surface area contributed by atoms with Crippen LogP contribution in [0.4, 0.5) is 5.95 Å². The van der Waals surface area contributed by atoms with E-state index in [1.165, 1.54) is 5.52 Å².